The van der Waals surface area contributed by atoms with Crippen LogP contribution in [0.3, 0.4) is 0 Å². The first-order chi connectivity index (χ1) is 14.3. The number of carbonyl (C=O) groups is 1. The number of hydrogen-bond donors (Lipinski definition) is 1. The van der Waals surface area contributed by atoms with Gasteiger partial charge in [0.15, 0.2) is 0 Å². The molecule has 3 rings (SSSR count). The number of carboxylic acids is 1. The lowest BCUT2D eigenvalue weighted by molar-refractivity contribution is -0.131. The van der Waals surface area contributed by atoms with Crippen molar-refractivity contribution in [3.63, 3.8) is 0 Å². The number of hydrogen-bond acceptors (Lipinski definition) is 7. The van der Waals surface area contributed by atoms with Crippen molar-refractivity contribution in [1.82, 2.24) is 10.2 Å². The maximum Gasteiger partial charge on any atom is 0.342 e. The van der Waals surface area contributed by atoms with Crippen LogP contribution in [0, 0.1) is 0 Å². The molecule has 0 unspecified atom stereocenters. The first-order valence-corrected chi connectivity index (χ1v) is 10.5. The number of methoxy groups -OCH3 is 1. The molecule has 0 radical (unpaired) electrons. The lowest BCUT2D eigenvalue weighted by atomic mass is 10.2. The van der Waals surface area contributed by atoms with Crippen LogP contribution in [0.1, 0.15) is 5.56 Å². The third kappa shape index (κ3) is 5.16. The zero-order valence-electron chi connectivity index (χ0n) is 16.2. The van der Waals surface area contributed by atoms with Crippen molar-refractivity contribution in [3.05, 3.63) is 56.4 Å². The van der Waals surface area contributed by atoms with Crippen LogP contribution in [-0.2, 0) is 4.79 Å². The molecular weight excluding hydrogens is 494 g/mol. The maximum atomic E-state index is 11.8. The molecule has 1 heterocycles. The number of aromatic nitrogens is 2. The van der Waals surface area contributed by atoms with Crippen LogP contribution < -0.4 is 9.64 Å². The Morgan fingerprint density at radius 2 is 2.03 bits per heavy atom. The second kappa shape index (κ2) is 9.55. The zero-order chi connectivity index (χ0) is 21.8. The quantitative estimate of drug-likeness (QED) is 0.332. The average molecular weight is 511 g/mol. The Bertz CT molecular complexity index is 1120. The first kappa shape index (κ1) is 22.2. The van der Waals surface area contributed by atoms with Crippen molar-refractivity contribution >= 4 is 57.0 Å². The summed E-state index contributed by atoms with van der Waals surface area (Å²) in [6.45, 7) is 0. The second-order valence-corrected chi connectivity index (χ2v) is 8.52. The van der Waals surface area contributed by atoms with Crippen LogP contribution in [0.4, 0.5) is 5.69 Å². The molecule has 0 aliphatic rings. The van der Waals surface area contributed by atoms with E-state index in [0.717, 1.165) is 21.9 Å². The van der Waals surface area contributed by atoms with Crippen molar-refractivity contribution in [3.8, 4) is 17.2 Å². The predicted octanol–water partition coefficient (Wildman–Crippen LogP) is 5.44. The molecule has 0 fully saturated rings. The molecule has 0 saturated carbocycles. The number of thioether (sulfide) groups is 1. The lowest BCUT2D eigenvalue weighted by Crippen LogP contribution is -2.09. The molecule has 10 heteroatoms. The fourth-order valence-corrected chi connectivity index (χ4v) is 4.16. The average Bonchev–Trinajstić information content (AvgIpc) is 3.15. The van der Waals surface area contributed by atoms with Crippen LogP contribution in [0.15, 0.2) is 55.4 Å². The summed E-state index contributed by atoms with van der Waals surface area (Å²) in [5.41, 5.74) is 2.22. The van der Waals surface area contributed by atoms with Gasteiger partial charge in [-0.2, -0.15) is 0 Å². The highest BCUT2D eigenvalue weighted by atomic mass is 79.9. The minimum Gasteiger partial charge on any atom is -0.496 e. The van der Waals surface area contributed by atoms with Gasteiger partial charge in [-0.25, -0.2) is 4.79 Å². The van der Waals surface area contributed by atoms with E-state index in [0.29, 0.717) is 21.9 Å². The Hall–Kier alpha value is -2.49. The van der Waals surface area contributed by atoms with Crippen LogP contribution in [0.2, 0.25) is 5.02 Å². The van der Waals surface area contributed by atoms with Gasteiger partial charge in [-0.1, -0.05) is 17.7 Å². The third-order valence-electron chi connectivity index (χ3n) is 3.96. The first-order valence-electron chi connectivity index (χ1n) is 8.55. The van der Waals surface area contributed by atoms with Crippen LogP contribution >= 0.6 is 39.3 Å². The monoisotopic (exact) mass is 509 g/mol. The molecule has 30 heavy (non-hydrogen) atoms. The summed E-state index contributed by atoms with van der Waals surface area (Å²) in [6, 6.07) is 10.6. The smallest absolute Gasteiger partial charge is 0.342 e. The van der Waals surface area contributed by atoms with Crippen molar-refractivity contribution < 1.29 is 19.1 Å². The number of benzene rings is 2. The molecular formula is C20H17BrClN3O4S. The second-order valence-electron chi connectivity index (χ2n) is 6.24. The van der Waals surface area contributed by atoms with Gasteiger partial charge in [0.25, 0.3) is 11.1 Å². The van der Waals surface area contributed by atoms with Gasteiger partial charge >= 0.3 is 5.97 Å². The largest absolute Gasteiger partial charge is 0.496 e. The Kier molecular flexibility index (Phi) is 7.06. The number of ether oxygens (including phenoxy) is 1. The molecule has 0 aliphatic heterocycles. The normalized spacial score (nSPS) is 11.4. The van der Waals surface area contributed by atoms with Gasteiger partial charge in [0.2, 0.25) is 0 Å². The topological polar surface area (TPSA) is 88.7 Å². The molecule has 0 amide bonds. The van der Waals surface area contributed by atoms with Crippen molar-refractivity contribution in [2.24, 2.45) is 0 Å². The number of halogens is 2. The number of nitrogens with zero attached hydrogens (tertiary/aromatic N) is 3. The Morgan fingerprint density at radius 3 is 2.67 bits per heavy atom. The molecule has 0 atom stereocenters. The van der Waals surface area contributed by atoms with Gasteiger partial charge in [0, 0.05) is 23.6 Å². The van der Waals surface area contributed by atoms with E-state index in [4.69, 9.17) is 20.8 Å². The molecule has 7 nitrogen and oxygen atoms in total. The number of anilines is 1. The summed E-state index contributed by atoms with van der Waals surface area (Å²) in [7, 11) is 5.37. The summed E-state index contributed by atoms with van der Waals surface area (Å²) in [4.78, 5) is 13.7. The van der Waals surface area contributed by atoms with E-state index in [1.807, 2.05) is 37.2 Å². The van der Waals surface area contributed by atoms with Crippen LogP contribution in [0.25, 0.3) is 17.5 Å². The molecule has 3 aromatic rings. The van der Waals surface area contributed by atoms with Crippen molar-refractivity contribution in [1.29, 1.82) is 0 Å². The van der Waals surface area contributed by atoms with Crippen molar-refractivity contribution in [2.75, 3.05) is 26.1 Å². The highest BCUT2D eigenvalue weighted by molar-refractivity contribution is 9.10. The Balaban J connectivity index is 1.89. The SMILES string of the molecule is COc1ccc(Cl)cc1-c1nnc(S/C(=C\c2ccc(N(C)C)c(Br)c2)C(=O)O)o1. The van der Waals surface area contributed by atoms with E-state index in [2.05, 4.69) is 26.1 Å². The third-order valence-corrected chi connectivity index (χ3v) is 5.68. The minimum atomic E-state index is -1.10. The minimum absolute atomic E-state index is 0.0350. The molecule has 2 aromatic carbocycles. The van der Waals surface area contributed by atoms with Gasteiger partial charge in [0.05, 0.1) is 18.4 Å². The lowest BCUT2D eigenvalue weighted by Gasteiger charge is -2.14. The Morgan fingerprint density at radius 1 is 1.27 bits per heavy atom. The standard InChI is InChI=1S/C20H17BrClN3O4S/c1-25(2)15-6-4-11(8-14(15)21)9-17(19(26)27)30-20-24-23-18(29-20)13-10-12(22)5-7-16(13)28-3/h4-10H,1-3H3,(H,26,27)/b17-9-. The highest BCUT2D eigenvalue weighted by Crippen LogP contribution is 2.35. The maximum absolute atomic E-state index is 11.8. The van der Waals surface area contributed by atoms with Gasteiger partial charge in [0.1, 0.15) is 10.7 Å². The molecule has 0 saturated heterocycles. The van der Waals surface area contributed by atoms with E-state index in [-0.39, 0.29) is 16.0 Å². The van der Waals surface area contributed by atoms with E-state index in [9.17, 15) is 9.90 Å². The number of aliphatic carboxylic acids is 1. The van der Waals surface area contributed by atoms with Crippen LogP contribution in [-0.4, -0.2) is 42.5 Å². The van der Waals surface area contributed by atoms with E-state index in [1.54, 1.807) is 24.3 Å². The number of rotatable bonds is 7. The fourth-order valence-electron chi connectivity index (χ4n) is 2.56. The highest BCUT2D eigenvalue weighted by Gasteiger charge is 2.18. The van der Waals surface area contributed by atoms with Crippen LogP contribution in [0.5, 0.6) is 5.75 Å². The van der Waals surface area contributed by atoms with Gasteiger partial charge in [-0.05, 0) is 69.7 Å². The van der Waals surface area contributed by atoms with Gasteiger partial charge in [-0.15, -0.1) is 10.2 Å². The van der Waals surface area contributed by atoms with E-state index >= 15 is 0 Å². The molecule has 0 bridgehead atoms. The summed E-state index contributed by atoms with van der Waals surface area (Å²) < 4.78 is 11.8. The van der Waals surface area contributed by atoms with E-state index < -0.39 is 5.97 Å². The van der Waals surface area contributed by atoms with Gasteiger partial charge in [-0.3, -0.25) is 0 Å². The molecule has 1 N–H and O–H groups in total. The van der Waals surface area contributed by atoms with Crippen molar-refractivity contribution in [2.45, 2.75) is 5.22 Å². The van der Waals surface area contributed by atoms with E-state index in [1.165, 1.54) is 7.11 Å². The molecule has 0 aliphatic carbocycles. The predicted molar refractivity (Wildman–Crippen MR) is 121 cm³/mol. The summed E-state index contributed by atoms with van der Waals surface area (Å²) in [6.07, 6.45) is 1.54. The fraction of sp³-hybridized carbons (Fsp3) is 0.150. The zero-order valence-corrected chi connectivity index (χ0v) is 19.4. The summed E-state index contributed by atoms with van der Waals surface area (Å²) in [5.74, 6) is -0.410. The van der Waals surface area contributed by atoms with Gasteiger partial charge < -0.3 is 19.2 Å². The molecule has 1 aromatic heterocycles. The molecule has 156 valence electrons. The number of carboxylic acid groups (broad SMARTS) is 1. The molecule has 0 spiro atoms. The summed E-state index contributed by atoms with van der Waals surface area (Å²) >= 11 is 10.4. The summed E-state index contributed by atoms with van der Waals surface area (Å²) in [5, 5.41) is 18.1. The Labute approximate surface area is 190 Å².